The molecule has 7 nitrogen and oxygen atoms in total. The van der Waals surface area contributed by atoms with Gasteiger partial charge in [-0.25, -0.2) is 0 Å². The third-order valence-corrected chi connectivity index (χ3v) is 15.6. The molecule has 0 saturated carbocycles. The zero-order valence-electron chi connectivity index (χ0n) is 23.9. The number of nitrogens with zero attached hydrogens (tertiary/aromatic N) is 2. The highest BCUT2D eigenvalue weighted by atomic mass is 32.2. The number of rotatable bonds is 18. The Labute approximate surface area is 260 Å². The zero-order chi connectivity index (χ0) is 29.9. The summed E-state index contributed by atoms with van der Waals surface area (Å²) in [6.07, 6.45) is 2.18. The van der Waals surface area contributed by atoms with Gasteiger partial charge in [-0.2, -0.15) is 11.8 Å². The van der Waals surface area contributed by atoms with Crippen LogP contribution < -0.4 is 0 Å². The Hall–Kier alpha value is -1.64. The lowest BCUT2D eigenvalue weighted by molar-refractivity contribution is -0.147. The van der Waals surface area contributed by atoms with E-state index in [1.54, 1.807) is 41.8 Å². The summed E-state index contributed by atoms with van der Waals surface area (Å²) < 4.78 is 12.8. The van der Waals surface area contributed by atoms with Gasteiger partial charge in [0.15, 0.2) is 8.68 Å². The van der Waals surface area contributed by atoms with Crippen LogP contribution in [0.3, 0.4) is 0 Å². The lowest BCUT2D eigenvalue weighted by Crippen LogP contribution is -2.48. The van der Waals surface area contributed by atoms with Gasteiger partial charge in [0.25, 0.3) is 0 Å². The molecule has 0 amide bonds. The monoisotopic (exact) mass is 650 g/mol. The number of carbonyl (C=O) groups is 1. The van der Waals surface area contributed by atoms with Gasteiger partial charge in [0, 0.05) is 36.9 Å². The first-order chi connectivity index (χ1) is 19.7. The van der Waals surface area contributed by atoms with Crippen LogP contribution in [0.1, 0.15) is 48.4 Å². The fourth-order valence-corrected chi connectivity index (χ4v) is 11.1. The maximum absolute atomic E-state index is 12.2. The third kappa shape index (κ3) is 9.96. The second-order valence-corrected chi connectivity index (χ2v) is 18.3. The molecule has 0 spiro atoms. The molecule has 0 aliphatic carbocycles. The Morgan fingerprint density at radius 2 is 1.59 bits per heavy atom. The highest BCUT2D eigenvalue weighted by Gasteiger charge is 2.39. The van der Waals surface area contributed by atoms with Crippen molar-refractivity contribution in [2.24, 2.45) is 5.41 Å². The summed E-state index contributed by atoms with van der Waals surface area (Å²) in [5.41, 5.74) is 3.72. The van der Waals surface area contributed by atoms with Crippen LogP contribution in [0, 0.1) is 5.41 Å². The van der Waals surface area contributed by atoms with Crippen LogP contribution in [-0.4, -0.2) is 66.5 Å². The minimum atomic E-state index is -2.70. The Kier molecular flexibility index (Phi) is 13.4. The summed E-state index contributed by atoms with van der Waals surface area (Å²) in [7, 11) is 0.360. The van der Waals surface area contributed by atoms with Gasteiger partial charge < -0.3 is 19.1 Å². The number of thioether (sulfide) groups is 3. The minimum absolute atomic E-state index is 0.0683. The molecule has 0 fully saturated rings. The van der Waals surface area contributed by atoms with E-state index in [0.717, 1.165) is 31.3 Å². The van der Waals surface area contributed by atoms with Crippen molar-refractivity contribution >= 4 is 67.2 Å². The summed E-state index contributed by atoms with van der Waals surface area (Å²) in [4.78, 5) is 12.2. The number of hydrogen-bond donors (Lipinski definition) is 2. The predicted molar refractivity (Wildman–Crippen MR) is 175 cm³/mol. The van der Waals surface area contributed by atoms with Crippen molar-refractivity contribution in [1.29, 1.82) is 0 Å². The summed E-state index contributed by atoms with van der Waals surface area (Å²) >= 11 is 6.44. The molecule has 0 bridgehead atoms. The first-order valence-corrected chi connectivity index (χ1v) is 19.2. The molecule has 0 radical (unpaired) electrons. The van der Waals surface area contributed by atoms with Gasteiger partial charge >= 0.3 is 14.5 Å². The largest absolute Gasteiger partial charge is 0.481 e. The van der Waals surface area contributed by atoms with Gasteiger partial charge in [0.05, 0.1) is 11.6 Å². The normalized spacial score (nSPS) is 14.0. The molecule has 3 rings (SSSR count). The number of carboxylic acids is 1. The third-order valence-electron chi connectivity index (χ3n) is 6.88. The van der Waals surface area contributed by atoms with Crippen molar-refractivity contribution < 1.29 is 23.9 Å². The molecular formula is C29H38N2O5S4Si. The van der Waals surface area contributed by atoms with E-state index < -0.39 is 19.9 Å². The van der Waals surface area contributed by atoms with Gasteiger partial charge in [-0.3, -0.25) is 4.79 Å². The van der Waals surface area contributed by atoms with Crippen LogP contribution >= 0.6 is 46.6 Å². The second kappa shape index (κ2) is 16.3. The van der Waals surface area contributed by atoms with Gasteiger partial charge in [-0.1, -0.05) is 103 Å². The predicted octanol–water partition coefficient (Wildman–Crippen LogP) is 6.89. The van der Waals surface area contributed by atoms with E-state index in [2.05, 4.69) is 72.2 Å². The van der Waals surface area contributed by atoms with Crippen molar-refractivity contribution in [3.05, 3.63) is 77.4 Å². The zero-order valence-corrected chi connectivity index (χ0v) is 28.1. The van der Waals surface area contributed by atoms with Gasteiger partial charge in [0.2, 0.25) is 0 Å². The highest BCUT2D eigenvalue weighted by molar-refractivity contribution is 8.02. The molecule has 2 aromatic carbocycles. The topological polar surface area (TPSA) is 102 Å². The van der Waals surface area contributed by atoms with Crippen LogP contribution in [0.2, 0.25) is 0 Å². The molecule has 0 saturated heterocycles. The summed E-state index contributed by atoms with van der Waals surface area (Å²) in [5.74, 6) is 1.29. The molecule has 2 unspecified atom stereocenters. The Balaban J connectivity index is 1.50. The van der Waals surface area contributed by atoms with Crippen LogP contribution in [0.25, 0.3) is 6.08 Å². The molecule has 2 N–H and O–H groups in total. The Morgan fingerprint density at radius 3 is 2.05 bits per heavy atom. The van der Waals surface area contributed by atoms with Crippen molar-refractivity contribution in [3.8, 4) is 0 Å². The minimum Gasteiger partial charge on any atom is -0.481 e. The first-order valence-electron chi connectivity index (χ1n) is 13.1. The smallest absolute Gasteiger partial charge is 0.374 e. The molecule has 222 valence electrons. The summed E-state index contributed by atoms with van der Waals surface area (Å²) in [5, 5.41) is 28.9. The Morgan fingerprint density at radius 1 is 1.05 bits per heavy atom. The summed E-state index contributed by atoms with van der Waals surface area (Å²) in [6.45, 7) is 7.65. The van der Waals surface area contributed by atoms with Crippen molar-refractivity contribution in [2.75, 3.05) is 31.6 Å². The fourth-order valence-electron chi connectivity index (χ4n) is 4.11. The van der Waals surface area contributed by atoms with Crippen LogP contribution in [-0.2, 0) is 25.2 Å². The number of hydrogen-bond acceptors (Lipinski definition) is 10. The average molecular weight is 651 g/mol. The summed E-state index contributed by atoms with van der Waals surface area (Å²) in [6, 6.07) is 16.7. The van der Waals surface area contributed by atoms with Crippen LogP contribution in [0.4, 0.5) is 0 Å². The van der Waals surface area contributed by atoms with E-state index in [1.807, 2.05) is 6.08 Å². The van der Waals surface area contributed by atoms with Gasteiger partial charge in [-0.05, 0) is 41.5 Å². The van der Waals surface area contributed by atoms with Crippen molar-refractivity contribution in [2.45, 2.75) is 46.4 Å². The standard InChI is InChI=1S/C29H38N2O5S4Si/c1-6-22-7-9-23(10-8-22)16-38-27-30-31-28(40-27)39-17-24-11-13-25(14-12-24)21(2)15-29(3,26(33)34)18-37-20-41(19-32,35-4)36-5/h6-14,21,32H,1,15-20H2,2-5H3,(H,33,34). The maximum atomic E-state index is 12.2. The number of benzene rings is 2. The molecule has 2 atom stereocenters. The van der Waals surface area contributed by atoms with Crippen LogP contribution in [0.15, 0.2) is 63.8 Å². The average Bonchev–Trinajstić information content (AvgIpc) is 3.45. The van der Waals surface area contributed by atoms with Gasteiger partial charge in [0.1, 0.15) is 0 Å². The molecule has 0 aliphatic heterocycles. The molecule has 0 aliphatic rings. The van der Waals surface area contributed by atoms with Crippen molar-refractivity contribution in [1.82, 2.24) is 10.2 Å². The number of aliphatic hydroxyl groups is 1. The molecular weight excluding hydrogens is 613 g/mol. The lowest BCUT2D eigenvalue weighted by Gasteiger charge is -2.30. The highest BCUT2D eigenvalue weighted by Crippen LogP contribution is 2.37. The molecule has 1 aromatic heterocycles. The number of carboxylic acid groups (broad SMARTS) is 1. The molecule has 12 heteroatoms. The van der Waals surface area contributed by atoms with Gasteiger partial charge in [-0.15, -0.1) is 10.2 Å². The van der Waals surface area contributed by atoms with Crippen LogP contribution in [0.5, 0.6) is 0 Å². The SMILES string of the molecule is C=Cc1ccc(CSc2nnc(SCc3ccc(C(C)CC(C)(CSC[Si](CO)(OC)OC)C(=O)O)cc3)s2)cc1. The molecule has 1 heterocycles. The maximum Gasteiger partial charge on any atom is 0.374 e. The second-order valence-electron chi connectivity index (χ2n) is 10.0. The number of aromatic nitrogens is 2. The van der Waals surface area contributed by atoms with E-state index >= 15 is 0 Å². The quantitative estimate of drug-likeness (QED) is 0.112. The molecule has 41 heavy (non-hydrogen) atoms. The van der Waals surface area contributed by atoms with E-state index in [-0.39, 0.29) is 12.1 Å². The number of aliphatic hydroxyl groups excluding tert-OH is 1. The first kappa shape index (κ1) is 33.9. The lowest BCUT2D eigenvalue weighted by atomic mass is 9.80. The van der Waals surface area contributed by atoms with E-state index in [9.17, 15) is 15.0 Å². The molecule has 3 aromatic rings. The van der Waals surface area contributed by atoms with E-state index in [1.165, 1.54) is 37.1 Å². The number of aliphatic carboxylic acids is 1. The van der Waals surface area contributed by atoms with E-state index in [4.69, 9.17) is 8.85 Å². The fraction of sp³-hybridized carbons (Fsp3) is 0.414. The van der Waals surface area contributed by atoms with E-state index in [0.29, 0.717) is 17.5 Å². The van der Waals surface area contributed by atoms with Crippen molar-refractivity contribution in [3.63, 3.8) is 0 Å². The Bertz CT molecular complexity index is 1250.